The highest BCUT2D eigenvalue weighted by molar-refractivity contribution is 5.89. The van der Waals surface area contributed by atoms with Crippen molar-refractivity contribution in [2.75, 3.05) is 5.32 Å². The van der Waals surface area contributed by atoms with Crippen molar-refractivity contribution >= 4 is 11.8 Å². The first-order valence-corrected chi connectivity index (χ1v) is 7.50. The maximum absolute atomic E-state index is 12.4. The van der Waals surface area contributed by atoms with Crippen LogP contribution in [0.15, 0.2) is 24.3 Å². The summed E-state index contributed by atoms with van der Waals surface area (Å²) in [5.74, 6) is 0.00760. The Labute approximate surface area is 141 Å². The number of benzene rings is 1. The number of aromatic nitrogens is 3. The van der Waals surface area contributed by atoms with E-state index in [-0.39, 0.29) is 5.75 Å². The topological polar surface area (TPSA) is 81.1 Å². The van der Waals surface area contributed by atoms with Gasteiger partial charge < -0.3 is 10.1 Å². The van der Waals surface area contributed by atoms with Gasteiger partial charge in [-0.25, -0.2) is 4.79 Å². The summed E-state index contributed by atoms with van der Waals surface area (Å²) in [6.45, 7) is 1.75. The maximum Gasteiger partial charge on any atom is 0.573 e. The number of ether oxygens (including phenoxy) is 1. The zero-order valence-electron chi connectivity index (χ0n) is 13.5. The predicted octanol–water partition coefficient (Wildman–Crippen LogP) is 2.83. The van der Waals surface area contributed by atoms with Crippen molar-refractivity contribution in [3.8, 4) is 5.75 Å². The molecular weight excluding hydrogens is 339 g/mol. The van der Waals surface area contributed by atoms with Gasteiger partial charge in [-0.2, -0.15) is 0 Å². The number of hydrogen-bond acceptors (Lipinski definition) is 4. The Kier molecular flexibility index (Phi) is 4.05. The third kappa shape index (κ3) is 3.83. The second-order valence-corrected chi connectivity index (χ2v) is 5.88. The zero-order chi connectivity index (χ0) is 18.2. The number of aryl methyl sites for hydroxylation is 1. The van der Waals surface area contributed by atoms with E-state index in [1.54, 1.807) is 20.0 Å². The summed E-state index contributed by atoms with van der Waals surface area (Å²) in [6.07, 6.45) is -3.52. The molecular formula is C15H16F3N5O2. The molecule has 134 valence electrons. The Morgan fingerprint density at radius 1 is 1.36 bits per heavy atom. The molecule has 0 atom stereocenters. The number of carbonyl (C=O) groups is 1. The Balaban J connectivity index is 1.71. The standard InChI is InChI=1S/C15H16F3N5O2/c1-9-12(21-22-23(9)2)19-13(24)20-14(6-7-14)10-4-3-5-11(8-10)25-15(16,17)18/h3-5,8H,6-7H2,1-2H3,(H2,19,20,24). The smallest absolute Gasteiger partial charge is 0.406 e. The molecule has 1 aromatic heterocycles. The van der Waals surface area contributed by atoms with Gasteiger partial charge in [0.05, 0.1) is 11.2 Å². The van der Waals surface area contributed by atoms with Gasteiger partial charge in [-0.05, 0) is 37.5 Å². The molecule has 2 N–H and O–H groups in total. The van der Waals surface area contributed by atoms with Crippen LogP contribution in [-0.4, -0.2) is 27.4 Å². The molecule has 0 spiro atoms. The van der Waals surface area contributed by atoms with E-state index in [4.69, 9.17) is 0 Å². The summed E-state index contributed by atoms with van der Waals surface area (Å²) >= 11 is 0. The molecule has 1 aromatic carbocycles. The van der Waals surface area contributed by atoms with E-state index in [1.807, 2.05) is 0 Å². The van der Waals surface area contributed by atoms with Crippen LogP contribution in [0, 0.1) is 6.92 Å². The largest absolute Gasteiger partial charge is 0.573 e. The van der Waals surface area contributed by atoms with Gasteiger partial charge >= 0.3 is 12.4 Å². The van der Waals surface area contributed by atoms with Crippen LogP contribution in [0.1, 0.15) is 24.1 Å². The minimum absolute atomic E-state index is 0.316. The quantitative estimate of drug-likeness (QED) is 0.884. The van der Waals surface area contributed by atoms with Gasteiger partial charge in [0.1, 0.15) is 5.75 Å². The van der Waals surface area contributed by atoms with Crippen LogP contribution in [0.2, 0.25) is 0 Å². The summed E-state index contributed by atoms with van der Waals surface area (Å²) < 4.78 is 42.5. The maximum atomic E-state index is 12.4. The molecule has 1 heterocycles. The number of anilines is 1. The SMILES string of the molecule is Cc1c(NC(=O)NC2(c3cccc(OC(F)(F)F)c3)CC2)nnn1C. The molecule has 3 rings (SSSR count). The molecule has 0 bridgehead atoms. The van der Waals surface area contributed by atoms with Crippen molar-refractivity contribution < 1.29 is 22.7 Å². The van der Waals surface area contributed by atoms with Crippen LogP contribution in [0.3, 0.4) is 0 Å². The van der Waals surface area contributed by atoms with Crippen molar-refractivity contribution in [3.63, 3.8) is 0 Å². The van der Waals surface area contributed by atoms with Crippen molar-refractivity contribution in [2.24, 2.45) is 7.05 Å². The summed E-state index contributed by atoms with van der Waals surface area (Å²) in [7, 11) is 1.69. The zero-order valence-corrected chi connectivity index (χ0v) is 13.5. The van der Waals surface area contributed by atoms with Crippen LogP contribution < -0.4 is 15.4 Å². The van der Waals surface area contributed by atoms with Crippen LogP contribution in [0.25, 0.3) is 0 Å². The average Bonchev–Trinajstić information content (AvgIpc) is 3.23. The van der Waals surface area contributed by atoms with E-state index in [9.17, 15) is 18.0 Å². The lowest BCUT2D eigenvalue weighted by Crippen LogP contribution is -2.38. The fraction of sp³-hybridized carbons (Fsp3) is 0.400. The number of hydrogen-bond donors (Lipinski definition) is 2. The van der Waals surface area contributed by atoms with E-state index < -0.39 is 17.9 Å². The van der Waals surface area contributed by atoms with Crippen LogP contribution >= 0.6 is 0 Å². The van der Waals surface area contributed by atoms with Gasteiger partial charge in [0, 0.05) is 7.05 Å². The third-order valence-corrected chi connectivity index (χ3v) is 4.06. The number of nitrogens with zero attached hydrogens (tertiary/aromatic N) is 3. The second-order valence-electron chi connectivity index (χ2n) is 5.88. The summed E-state index contributed by atoms with van der Waals surface area (Å²) in [5.41, 5.74) is 0.534. The van der Waals surface area contributed by atoms with E-state index in [0.29, 0.717) is 29.9 Å². The summed E-state index contributed by atoms with van der Waals surface area (Å²) in [4.78, 5) is 12.2. The van der Waals surface area contributed by atoms with Crippen molar-refractivity contribution in [1.29, 1.82) is 0 Å². The molecule has 1 fully saturated rings. The van der Waals surface area contributed by atoms with Crippen LogP contribution in [0.5, 0.6) is 5.75 Å². The molecule has 1 aliphatic carbocycles. The van der Waals surface area contributed by atoms with E-state index in [0.717, 1.165) is 0 Å². The lowest BCUT2D eigenvalue weighted by molar-refractivity contribution is -0.274. The Bertz CT molecular complexity index is 799. The molecule has 2 amide bonds. The minimum atomic E-state index is -4.76. The first kappa shape index (κ1) is 17.1. The molecule has 1 saturated carbocycles. The summed E-state index contributed by atoms with van der Waals surface area (Å²) in [6, 6.07) is 5.13. The lowest BCUT2D eigenvalue weighted by atomic mass is 10.0. The first-order valence-electron chi connectivity index (χ1n) is 7.50. The van der Waals surface area contributed by atoms with Crippen LogP contribution in [0.4, 0.5) is 23.8 Å². The number of urea groups is 1. The average molecular weight is 355 g/mol. The number of halogens is 3. The number of alkyl halides is 3. The normalized spacial score (nSPS) is 15.6. The predicted molar refractivity (Wildman–Crippen MR) is 81.9 cm³/mol. The highest BCUT2D eigenvalue weighted by Crippen LogP contribution is 2.46. The molecule has 10 heteroatoms. The number of carbonyl (C=O) groups excluding carboxylic acids is 1. The highest BCUT2D eigenvalue weighted by Gasteiger charge is 2.46. The van der Waals surface area contributed by atoms with Gasteiger partial charge in [-0.1, -0.05) is 17.3 Å². The second kappa shape index (κ2) is 5.94. The van der Waals surface area contributed by atoms with Crippen LogP contribution in [-0.2, 0) is 12.6 Å². The van der Waals surface area contributed by atoms with Crippen molar-refractivity contribution in [1.82, 2.24) is 20.3 Å². The fourth-order valence-electron chi connectivity index (χ4n) is 2.48. The minimum Gasteiger partial charge on any atom is -0.406 e. The highest BCUT2D eigenvalue weighted by atomic mass is 19.4. The molecule has 0 radical (unpaired) electrons. The van der Waals surface area contributed by atoms with Gasteiger partial charge in [-0.3, -0.25) is 10.00 Å². The molecule has 2 aromatic rings. The molecule has 0 unspecified atom stereocenters. The fourth-order valence-corrected chi connectivity index (χ4v) is 2.48. The third-order valence-electron chi connectivity index (χ3n) is 4.06. The van der Waals surface area contributed by atoms with Crippen molar-refractivity contribution in [3.05, 3.63) is 35.5 Å². The van der Waals surface area contributed by atoms with E-state index in [2.05, 4.69) is 25.7 Å². The molecule has 0 aliphatic heterocycles. The van der Waals surface area contributed by atoms with Gasteiger partial charge in [0.2, 0.25) is 0 Å². The first-order chi connectivity index (χ1) is 11.7. The summed E-state index contributed by atoms with van der Waals surface area (Å²) in [5, 5.41) is 13.0. The van der Waals surface area contributed by atoms with E-state index >= 15 is 0 Å². The Morgan fingerprint density at radius 2 is 2.08 bits per heavy atom. The monoisotopic (exact) mass is 355 g/mol. The number of nitrogens with one attached hydrogen (secondary N) is 2. The molecule has 7 nitrogen and oxygen atoms in total. The number of rotatable bonds is 4. The van der Waals surface area contributed by atoms with Gasteiger partial charge in [0.25, 0.3) is 0 Å². The Morgan fingerprint density at radius 3 is 2.64 bits per heavy atom. The lowest BCUT2D eigenvalue weighted by Gasteiger charge is -2.19. The number of amides is 2. The van der Waals surface area contributed by atoms with Crippen molar-refractivity contribution in [2.45, 2.75) is 31.7 Å². The molecule has 25 heavy (non-hydrogen) atoms. The molecule has 0 saturated heterocycles. The van der Waals surface area contributed by atoms with E-state index in [1.165, 1.54) is 22.9 Å². The van der Waals surface area contributed by atoms with Gasteiger partial charge in [0.15, 0.2) is 5.82 Å². The molecule has 1 aliphatic rings. The van der Waals surface area contributed by atoms with Gasteiger partial charge in [-0.15, -0.1) is 18.3 Å². The Hall–Kier alpha value is -2.78.